The fourth-order valence-corrected chi connectivity index (χ4v) is 4.28. The lowest BCUT2D eigenvalue weighted by Gasteiger charge is -2.31. The molecule has 5 rings (SSSR count). The Bertz CT molecular complexity index is 1160. The molecule has 0 atom stereocenters. The van der Waals surface area contributed by atoms with Crippen LogP contribution in [0.4, 0.5) is 17.2 Å². The Labute approximate surface area is 163 Å². The maximum atomic E-state index is 6.69. The molecule has 0 radical (unpaired) electrons. The molecule has 1 aromatic carbocycles. The van der Waals surface area contributed by atoms with Crippen LogP contribution in [0.2, 0.25) is 0 Å². The van der Waals surface area contributed by atoms with E-state index < -0.39 is 0 Å². The third-order valence-corrected chi connectivity index (χ3v) is 5.73. The summed E-state index contributed by atoms with van der Waals surface area (Å²) in [5.74, 6) is 0.437. The number of nitrogen functional groups attached to an aromatic ring is 1. The highest BCUT2D eigenvalue weighted by molar-refractivity contribution is 5.86. The lowest BCUT2D eigenvalue weighted by molar-refractivity contribution is 0.296. The van der Waals surface area contributed by atoms with Crippen molar-refractivity contribution in [2.45, 2.75) is 44.6 Å². The molecule has 3 heterocycles. The van der Waals surface area contributed by atoms with E-state index in [0.717, 1.165) is 65.0 Å². The van der Waals surface area contributed by atoms with Crippen LogP contribution in [0.25, 0.3) is 16.6 Å². The van der Waals surface area contributed by atoms with Gasteiger partial charge in [0.2, 0.25) is 0 Å². The van der Waals surface area contributed by atoms with E-state index in [4.69, 9.17) is 16.5 Å². The number of nitrogens with zero attached hydrogens (tertiary/aromatic N) is 3. The quantitative estimate of drug-likeness (QED) is 0.433. The molecule has 0 saturated heterocycles. The number of anilines is 3. The summed E-state index contributed by atoms with van der Waals surface area (Å²) in [6.45, 7) is 2.06. The van der Waals surface area contributed by atoms with Crippen LogP contribution in [-0.2, 0) is 5.54 Å². The van der Waals surface area contributed by atoms with E-state index in [2.05, 4.69) is 40.5 Å². The van der Waals surface area contributed by atoms with E-state index in [1.54, 1.807) is 4.52 Å². The molecular weight excluding hydrogens is 350 g/mol. The average Bonchev–Trinajstić information content (AvgIpc) is 3.25. The normalized spacial score (nSPS) is 16.6. The molecule has 1 saturated carbocycles. The van der Waals surface area contributed by atoms with Crippen molar-refractivity contribution in [1.29, 1.82) is 0 Å². The predicted octanol–water partition coefficient (Wildman–Crippen LogP) is 3.96. The summed E-state index contributed by atoms with van der Waals surface area (Å²) in [4.78, 5) is 8.21. The Hall–Kier alpha value is -3.06. The van der Waals surface area contributed by atoms with Gasteiger partial charge in [0.15, 0.2) is 5.65 Å². The average molecular weight is 375 g/mol. The van der Waals surface area contributed by atoms with Crippen molar-refractivity contribution in [2.24, 2.45) is 5.73 Å². The number of hydrogen-bond donors (Lipinski definition) is 4. The van der Waals surface area contributed by atoms with E-state index in [1.165, 1.54) is 6.42 Å². The van der Waals surface area contributed by atoms with Crippen LogP contribution in [-0.4, -0.2) is 19.6 Å². The molecule has 0 aliphatic heterocycles. The highest BCUT2D eigenvalue weighted by Gasteiger charge is 2.32. The van der Waals surface area contributed by atoms with E-state index in [-0.39, 0.29) is 5.54 Å². The number of H-pyrrole nitrogens is 1. The van der Waals surface area contributed by atoms with Crippen molar-refractivity contribution >= 4 is 33.7 Å². The summed E-state index contributed by atoms with van der Waals surface area (Å²) >= 11 is 0. The molecule has 0 bridgehead atoms. The number of benzene rings is 1. The van der Waals surface area contributed by atoms with Gasteiger partial charge in [0.25, 0.3) is 0 Å². The number of aryl methyl sites for hydroxylation is 1. The van der Waals surface area contributed by atoms with E-state index in [1.807, 2.05) is 18.3 Å². The highest BCUT2D eigenvalue weighted by Crippen LogP contribution is 2.35. The molecule has 0 spiro atoms. The van der Waals surface area contributed by atoms with Gasteiger partial charge in [-0.1, -0.05) is 19.3 Å². The summed E-state index contributed by atoms with van der Waals surface area (Å²) in [6, 6.07) is 10.2. The number of fused-ring (bicyclic) bond motifs is 2. The summed E-state index contributed by atoms with van der Waals surface area (Å²) in [5, 5.41) is 9.03. The topological polar surface area (TPSA) is 110 Å². The number of aromatic amines is 1. The third-order valence-electron chi connectivity index (χ3n) is 5.73. The van der Waals surface area contributed by atoms with Gasteiger partial charge >= 0.3 is 0 Å². The van der Waals surface area contributed by atoms with Crippen LogP contribution >= 0.6 is 0 Å². The molecule has 144 valence electrons. The first-order valence-electron chi connectivity index (χ1n) is 9.82. The summed E-state index contributed by atoms with van der Waals surface area (Å²) < 4.78 is 1.75. The van der Waals surface area contributed by atoms with Gasteiger partial charge in [0.05, 0.1) is 23.1 Å². The Balaban J connectivity index is 1.56. The fraction of sp³-hybridized carbons (Fsp3) is 0.333. The van der Waals surface area contributed by atoms with Crippen molar-refractivity contribution in [3.8, 4) is 0 Å². The molecule has 0 unspecified atom stereocenters. The molecule has 1 fully saturated rings. The molecule has 4 aromatic rings. The Morgan fingerprint density at radius 2 is 1.96 bits per heavy atom. The van der Waals surface area contributed by atoms with Gasteiger partial charge in [-0.3, -0.25) is 0 Å². The molecule has 3 aromatic heterocycles. The zero-order valence-electron chi connectivity index (χ0n) is 16.0. The number of rotatable bonds is 3. The smallest absolute Gasteiger partial charge is 0.177 e. The Kier molecular flexibility index (Phi) is 3.80. The van der Waals surface area contributed by atoms with Crippen molar-refractivity contribution in [3.05, 3.63) is 47.9 Å². The maximum absolute atomic E-state index is 6.69. The highest BCUT2D eigenvalue weighted by atomic mass is 15.3. The van der Waals surface area contributed by atoms with Crippen molar-refractivity contribution < 1.29 is 0 Å². The molecule has 0 amide bonds. The first kappa shape index (κ1) is 17.1. The van der Waals surface area contributed by atoms with E-state index >= 15 is 0 Å². The number of hydrogen-bond acceptors (Lipinski definition) is 5. The molecule has 7 heteroatoms. The number of nitrogens with one attached hydrogen (secondary N) is 2. The molecule has 1 aliphatic carbocycles. The zero-order chi connectivity index (χ0) is 19.3. The van der Waals surface area contributed by atoms with Gasteiger partial charge in [-0.2, -0.15) is 0 Å². The number of nitrogens with two attached hydrogens (primary N) is 2. The fourth-order valence-electron chi connectivity index (χ4n) is 4.28. The molecular formula is C21H25N7. The largest absolute Gasteiger partial charge is 0.382 e. The van der Waals surface area contributed by atoms with Gasteiger partial charge in [-0.15, -0.1) is 5.10 Å². The van der Waals surface area contributed by atoms with Crippen LogP contribution in [0.1, 0.15) is 43.5 Å². The summed E-state index contributed by atoms with van der Waals surface area (Å²) in [7, 11) is 0. The van der Waals surface area contributed by atoms with Crippen LogP contribution in [0.5, 0.6) is 0 Å². The second kappa shape index (κ2) is 6.24. The van der Waals surface area contributed by atoms with Crippen molar-refractivity contribution in [2.75, 3.05) is 11.1 Å². The van der Waals surface area contributed by atoms with Crippen LogP contribution in [0.3, 0.4) is 0 Å². The second-order valence-electron chi connectivity index (χ2n) is 7.97. The van der Waals surface area contributed by atoms with Gasteiger partial charge < -0.3 is 21.8 Å². The van der Waals surface area contributed by atoms with Gasteiger partial charge in [-0.05, 0) is 44.0 Å². The van der Waals surface area contributed by atoms with Crippen LogP contribution < -0.4 is 16.8 Å². The molecule has 1 aliphatic rings. The lowest BCUT2D eigenvalue weighted by atomic mass is 9.80. The number of imidazole rings is 1. The van der Waals surface area contributed by atoms with Crippen LogP contribution in [0.15, 0.2) is 36.5 Å². The Morgan fingerprint density at radius 3 is 2.79 bits per heavy atom. The third kappa shape index (κ3) is 2.88. The number of aromatic nitrogens is 4. The standard InChI is InChI=1S/C21H25N7/c1-13-9-14-10-15(5-6-16(14)24-13)25-17-11-19(22)27-28-12-18(26-20(17)28)21(23)7-3-2-4-8-21/h5-6,9-12,24-25H,2-4,7-8,23H2,1H3,(H2,22,27). The minimum atomic E-state index is -0.375. The molecule has 6 N–H and O–H groups in total. The summed E-state index contributed by atoms with van der Waals surface area (Å²) in [6.07, 6.45) is 7.37. The maximum Gasteiger partial charge on any atom is 0.177 e. The van der Waals surface area contributed by atoms with Gasteiger partial charge in [-0.25, -0.2) is 9.50 Å². The van der Waals surface area contributed by atoms with Crippen molar-refractivity contribution in [1.82, 2.24) is 19.6 Å². The molecule has 28 heavy (non-hydrogen) atoms. The van der Waals surface area contributed by atoms with Gasteiger partial charge in [0.1, 0.15) is 5.82 Å². The first-order valence-corrected chi connectivity index (χ1v) is 9.82. The minimum absolute atomic E-state index is 0.375. The molecule has 7 nitrogen and oxygen atoms in total. The van der Waals surface area contributed by atoms with Gasteiger partial charge in [0, 0.05) is 28.4 Å². The SMILES string of the molecule is Cc1cc2cc(Nc3cc(N)nn4cc(C5(N)CCCCC5)nc34)ccc2[nH]1. The minimum Gasteiger partial charge on any atom is -0.382 e. The Morgan fingerprint density at radius 1 is 1.14 bits per heavy atom. The lowest BCUT2D eigenvalue weighted by Crippen LogP contribution is -2.38. The first-order chi connectivity index (χ1) is 13.5. The van der Waals surface area contributed by atoms with Crippen LogP contribution in [0, 0.1) is 6.92 Å². The van der Waals surface area contributed by atoms with E-state index in [9.17, 15) is 0 Å². The summed E-state index contributed by atoms with van der Waals surface area (Å²) in [5.41, 5.74) is 18.1. The van der Waals surface area contributed by atoms with Crippen molar-refractivity contribution in [3.63, 3.8) is 0 Å². The van der Waals surface area contributed by atoms with E-state index in [0.29, 0.717) is 5.82 Å². The second-order valence-corrected chi connectivity index (χ2v) is 7.97. The monoisotopic (exact) mass is 375 g/mol. The zero-order valence-corrected chi connectivity index (χ0v) is 16.0. The predicted molar refractivity (Wildman–Crippen MR) is 113 cm³/mol.